The molecule has 0 spiro atoms. The van der Waals surface area contributed by atoms with Crippen molar-refractivity contribution in [3.05, 3.63) is 34.1 Å². The van der Waals surface area contributed by atoms with Crippen LogP contribution in [-0.4, -0.2) is 37.5 Å². The van der Waals surface area contributed by atoms with Crippen LogP contribution < -0.4 is 10.6 Å². The first-order chi connectivity index (χ1) is 9.55. The van der Waals surface area contributed by atoms with E-state index in [9.17, 15) is 9.18 Å². The lowest BCUT2D eigenvalue weighted by molar-refractivity contribution is 0.159. The van der Waals surface area contributed by atoms with Gasteiger partial charge in [0.15, 0.2) is 0 Å². The molecule has 0 fully saturated rings. The highest BCUT2D eigenvalue weighted by molar-refractivity contribution is 9.10. The SMILES string of the molecule is COCC[C@H](CO)NC(=O)NCc1cc(F)cc(Br)c1. The van der Waals surface area contributed by atoms with E-state index in [1.807, 2.05) is 0 Å². The van der Waals surface area contributed by atoms with Crippen molar-refractivity contribution in [3.63, 3.8) is 0 Å². The van der Waals surface area contributed by atoms with Crippen LogP contribution in [0.3, 0.4) is 0 Å². The predicted molar refractivity (Wildman–Crippen MR) is 76.8 cm³/mol. The number of urea groups is 1. The Labute approximate surface area is 125 Å². The molecule has 2 amide bonds. The molecule has 0 radical (unpaired) electrons. The van der Waals surface area contributed by atoms with Crippen LogP contribution in [-0.2, 0) is 11.3 Å². The van der Waals surface area contributed by atoms with Gasteiger partial charge in [-0.3, -0.25) is 0 Å². The number of benzene rings is 1. The van der Waals surface area contributed by atoms with Gasteiger partial charge in [-0.1, -0.05) is 15.9 Å². The van der Waals surface area contributed by atoms with Crippen LogP contribution >= 0.6 is 15.9 Å². The van der Waals surface area contributed by atoms with Crippen molar-refractivity contribution in [2.75, 3.05) is 20.3 Å². The number of amides is 2. The van der Waals surface area contributed by atoms with Crippen LogP contribution in [0.5, 0.6) is 0 Å². The van der Waals surface area contributed by atoms with Crippen LogP contribution in [0.2, 0.25) is 0 Å². The lowest BCUT2D eigenvalue weighted by atomic mass is 10.2. The smallest absolute Gasteiger partial charge is 0.315 e. The zero-order valence-electron chi connectivity index (χ0n) is 11.2. The molecule has 1 atom stereocenters. The van der Waals surface area contributed by atoms with E-state index in [4.69, 9.17) is 9.84 Å². The summed E-state index contributed by atoms with van der Waals surface area (Å²) in [6.07, 6.45) is 0.520. The summed E-state index contributed by atoms with van der Waals surface area (Å²) in [6, 6.07) is 3.63. The number of aliphatic hydroxyl groups excluding tert-OH is 1. The Kier molecular flexibility index (Phi) is 7.50. The summed E-state index contributed by atoms with van der Waals surface area (Å²) in [6.45, 7) is 0.481. The molecular formula is C13H18BrFN2O3. The minimum atomic E-state index is -0.416. The van der Waals surface area contributed by atoms with Crippen LogP contribution in [0, 0.1) is 5.82 Å². The number of hydrogen-bond donors (Lipinski definition) is 3. The molecule has 0 saturated heterocycles. The maximum atomic E-state index is 13.2. The summed E-state index contributed by atoms with van der Waals surface area (Å²) in [5, 5.41) is 14.3. The normalized spacial score (nSPS) is 12.0. The van der Waals surface area contributed by atoms with E-state index in [2.05, 4.69) is 26.6 Å². The minimum Gasteiger partial charge on any atom is -0.394 e. The average molecular weight is 349 g/mol. The Balaban J connectivity index is 2.42. The number of ether oxygens (including phenoxy) is 1. The van der Waals surface area contributed by atoms with Gasteiger partial charge in [-0.25, -0.2) is 9.18 Å². The van der Waals surface area contributed by atoms with Crippen LogP contribution in [0.1, 0.15) is 12.0 Å². The van der Waals surface area contributed by atoms with Gasteiger partial charge < -0.3 is 20.5 Å². The van der Waals surface area contributed by atoms with Crippen molar-refractivity contribution in [2.24, 2.45) is 0 Å². The van der Waals surface area contributed by atoms with Gasteiger partial charge in [0.2, 0.25) is 0 Å². The highest BCUT2D eigenvalue weighted by atomic mass is 79.9. The Morgan fingerprint density at radius 3 is 2.85 bits per heavy atom. The molecular weight excluding hydrogens is 331 g/mol. The molecule has 0 bridgehead atoms. The van der Waals surface area contributed by atoms with Gasteiger partial charge in [0.05, 0.1) is 12.6 Å². The molecule has 0 aliphatic carbocycles. The summed E-state index contributed by atoms with van der Waals surface area (Å²) >= 11 is 3.18. The largest absolute Gasteiger partial charge is 0.394 e. The second-order valence-corrected chi connectivity index (χ2v) is 5.18. The van der Waals surface area contributed by atoms with E-state index in [0.29, 0.717) is 23.1 Å². The molecule has 0 aliphatic rings. The molecule has 3 N–H and O–H groups in total. The van der Waals surface area contributed by atoms with E-state index in [0.717, 1.165) is 0 Å². The second kappa shape index (κ2) is 8.89. The number of halogens is 2. The molecule has 20 heavy (non-hydrogen) atoms. The molecule has 0 aliphatic heterocycles. The van der Waals surface area contributed by atoms with E-state index in [1.54, 1.807) is 13.2 Å². The molecule has 112 valence electrons. The van der Waals surface area contributed by atoms with Crippen molar-refractivity contribution in [3.8, 4) is 0 Å². The van der Waals surface area contributed by atoms with Crippen molar-refractivity contribution < 1.29 is 19.0 Å². The molecule has 1 aromatic carbocycles. The topological polar surface area (TPSA) is 70.6 Å². The number of hydrogen-bond acceptors (Lipinski definition) is 3. The number of aliphatic hydroxyl groups is 1. The van der Waals surface area contributed by atoms with E-state index >= 15 is 0 Å². The molecule has 0 unspecified atom stereocenters. The van der Waals surface area contributed by atoms with E-state index in [1.165, 1.54) is 12.1 Å². The van der Waals surface area contributed by atoms with Gasteiger partial charge >= 0.3 is 6.03 Å². The number of carbonyl (C=O) groups excluding carboxylic acids is 1. The second-order valence-electron chi connectivity index (χ2n) is 4.27. The first kappa shape index (κ1) is 16.9. The molecule has 7 heteroatoms. The lowest BCUT2D eigenvalue weighted by Gasteiger charge is -2.16. The number of carbonyl (C=O) groups is 1. The third-order valence-electron chi connectivity index (χ3n) is 2.60. The van der Waals surface area contributed by atoms with Gasteiger partial charge in [0.25, 0.3) is 0 Å². The summed E-state index contributed by atoms with van der Waals surface area (Å²) in [5.74, 6) is -0.370. The highest BCUT2D eigenvalue weighted by Gasteiger charge is 2.10. The van der Waals surface area contributed by atoms with Crippen LogP contribution in [0.4, 0.5) is 9.18 Å². The third-order valence-corrected chi connectivity index (χ3v) is 3.06. The zero-order chi connectivity index (χ0) is 15.0. The fraction of sp³-hybridized carbons (Fsp3) is 0.462. The van der Waals surface area contributed by atoms with Gasteiger partial charge in [0, 0.05) is 24.7 Å². The van der Waals surface area contributed by atoms with Gasteiger partial charge in [-0.2, -0.15) is 0 Å². The fourth-order valence-corrected chi connectivity index (χ4v) is 2.11. The number of rotatable bonds is 7. The van der Waals surface area contributed by atoms with Crippen molar-refractivity contribution in [1.82, 2.24) is 10.6 Å². The number of methoxy groups -OCH3 is 1. The quantitative estimate of drug-likeness (QED) is 0.703. The predicted octanol–water partition coefficient (Wildman–Crippen LogP) is 1.78. The zero-order valence-corrected chi connectivity index (χ0v) is 12.7. The van der Waals surface area contributed by atoms with Crippen molar-refractivity contribution >= 4 is 22.0 Å². The molecule has 0 aromatic heterocycles. The summed E-state index contributed by atoms with van der Waals surface area (Å²) < 4.78 is 18.6. The maximum absolute atomic E-state index is 13.2. The van der Waals surface area contributed by atoms with Gasteiger partial charge in [-0.15, -0.1) is 0 Å². The molecule has 5 nitrogen and oxygen atoms in total. The summed E-state index contributed by atoms with van der Waals surface area (Å²) in [5.41, 5.74) is 0.643. The van der Waals surface area contributed by atoms with Crippen LogP contribution in [0.25, 0.3) is 0 Å². The average Bonchev–Trinajstić information content (AvgIpc) is 2.40. The van der Waals surface area contributed by atoms with Crippen molar-refractivity contribution in [2.45, 2.75) is 19.0 Å². The fourth-order valence-electron chi connectivity index (χ4n) is 1.60. The standard InChI is InChI=1S/C13H18BrFN2O3/c1-20-3-2-12(8-18)17-13(19)16-7-9-4-10(14)6-11(15)5-9/h4-6,12,18H,2-3,7-8H2,1H3,(H2,16,17,19)/t12-/m1/s1. The Hall–Kier alpha value is -1.18. The monoisotopic (exact) mass is 348 g/mol. The van der Waals surface area contributed by atoms with E-state index in [-0.39, 0.29) is 25.0 Å². The summed E-state index contributed by atoms with van der Waals surface area (Å²) in [4.78, 5) is 11.6. The van der Waals surface area contributed by atoms with Crippen molar-refractivity contribution in [1.29, 1.82) is 0 Å². The molecule has 1 rings (SSSR count). The minimum absolute atomic E-state index is 0.164. The third kappa shape index (κ3) is 6.31. The van der Waals surface area contributed by atoms with Gasteiger partial charge in [0.1, 0.15) is 5.82 Å². The molecule has 0 saturated carbocycles. The first-order valence-corrected chi connectivity index (χ1v) is 6.93. The molecule has 1 aromatic rings. The van der Waals surface area contributed by atoms with Crippen LogP contribution in [0.15, 0.2) is 22.7 Å². The Morgan fingerprint density at radius 1 is 1.50 bits per heavy atom. The van der Waals surface area contributed by atoms with Gasteiger partial charge in [-0.05, 0) is 30.2 Å². The summed E-state index contributed by atoms with van der Waals surface area (Å²) in [7, 11) is 1.55. The van der Waals surface area contributed by atoms with E-state index < -0.39 is 6.03 Å². The Morgan fingerprint density at radius 2 is 2.25 bits per heavy atom. The number of nitrogens with one attached hydrogen (secondary N) is 2. The molecule has 0 heterocycles. The Bertz CT molecular complexity index is 425. The first-order valence-electron chi connectivity index (χ1n) is 6.14. The maximum Gasteiger partial charge on any atom is 0.315 e. The lowest BCUT2D eigenvalue weighted by Crippen LogP contribution is -2.44. The highest BCUT2D eigenvalue weighted by Crippen LogP contribution is 2.14.